The Morgan fingerprint density at radius 2 is 0.444 bits per heavy atom. The van der Waals surface area contributed by atoms with Crippen LogP contribution in [0.15, 0.2) is 0 Å². The maximum Gasteiger partial charge on any atom is 4.00 e. The molecule has 0 saturated heterocycles. The van der Waals surface area contributed by atoms with Crippen LogP contribution < -0.4 is 74.4 Å². The van der Waals surface area contributed by atoms with E-state index in [-0.39, 0.29) is 112 Å². The zero-order chi connectivity index (χ0) is 0. The third-order valence-corrected chi connectivity index (χ3v) is 0. The fourth-order valence-corrected chi connectivity index (χ4v) is 0. The molecule has 0 aromatic carbocycles. The standard InChI is InChI=1S/6ClH.H4O.H2O.Zr/h6*1H;1H4;1H2;/q;;;;;;+2;;+4/p-6. The molecule has 0 aromatic rings. The average Bonchev–Trinajstić information content (AvgIpc) is 0. The van der Waals surface area contributed by atoms with E-state index in [4.69, 9.17) is 0 Å². The molecule has 9 heavy (non-hydrogen) atoms. The summed E-state index contributed by atoms with van der Waals surface area (Å²) < 4.78 is 0. The summed E-state index contributed by atoms with van der Waals surface area (Å²) >= 11 is 0. The van der Waals surface area contributed by atoms with Crippen LogP contribution in [0.1, 0.15) is 0 Å². The van der Waals surface area contributed by atoms with Crippen LogP contribution in [0.3, 0.4) is 0 Å². The van der Waals surface area contributed by atoms with E-state index in [0.29, 0.717) is 0 Å². The van der Waals surface area contributed by atoms with Crippen molar-refractivity contribution in [3.05, 3.63) is 0 Å². The maximum absolute atomic E-state index is 0. The SMILES string of the molecule is O.[Cl-].[Cl-].[Cl-].[Cl-].[Cl-].[Cl-].[OH4+2].[Zr+4]. The molecule has 0 radical (unpaired) electrons. The van der Waals surface area contributed by atoms with Gasteiger partial charge in [-0.3, -0.25) is 0 Å². The van der Waals surface area contributed by atoms with Gasteiger partial charge in [0.2, 0.25) is 0 Å². The first-order chi connectivity index (χ1) is 0. The van der Waals surface area contributed by atoms with E-state index in [1.807, 2.05) is 0 Å². The van der Waals surface area contributed by atoms with E-state index < -0.39 is 0 Å². The van der Waals surface area contributed by atoms with Crippen molar-refractivity contribution in [3.8, 4) is 0 Å². The van der Waals surface area contributed by atoms with Crippen molar-refractivity contribution in [1.82, 2.24) is 0 Å². The van der Waals surface area contributed by atoms with E-state index in [0.717, 1.165) is 0 Å². The molecule has 0 spiro atoms. The smallest absolute Gasteiger partial charge is 1.00 e. The number of hydrogen-bond acceptors (Lipinski definition) is 0. The molecule has 64 valence electrons. The van der Waals surface area contributed by atoms with Gasteiger partial charge >= 0.3 is 26.2 Å². The van der Waals surface area contributed by atoms with Gasteiger partial charge in [-0.15, -0.1) is 0 Å². The molecule has 2 nitrogen and oxygen atoms in total. The van der Waals surface area contributed by atoms with E-state index in [2.05, 4.69) is 0 Å². The summed E-state index contributed by atoms with van der Waals surface area (Å²) in [6.07, 6.45) is 0. The molecule has 0 amide bonds. The van der Waals surface area contributed by atoms with Gasteiger partial charge in [-0.1, -0.05) is 0 Å². The van der Waals surface area contributed by atoms with Crippen molar-refractivity contribution < 1.29 is 112 Å². The normalized spacial score (nSPS) is 0. The van der Waals surface area contributed by atoms with Crippen LogP contribution in [0.2, 0.25) is 0 Å². The molecule has 0 aliphatic heterocycles. The third kappa shape index (κ3) is 119. The molecule has 0 rings (SSSR count). The number of halogens is 6. The average molecular weight is 342 g/mol. The second kappa shape index (κ2) is 148. The molecule has 6 N–H and O–H groups in total. The summed E-state index contributed by atoms with van der Waals surface area (Å²) in [7, 11) is 0. The quantitative estimate of drug-likeness (QED) is 0.420. The minimum atomic E-state index is 0. The molecule has 0 bridgehead atoms. The van der Waals surface area contributed by atoms with Gasteiger partial charge in [0.05, 0.1) is 0 Å². The molecule has 0 atom stereocenters. The Morgan fingerprint density at radius 3 is 0.444 bits per heavy atom. The Morgan fingerprint density at radius 1 is 0.444 bits per heavy atom. The summed E-state index contributed by atoms with van der Waals surface area (Å²) in [5.74, 6) is 0. The van der Waals surface area contributed by atoms with E-state index in [1.165, 1.54) is 0 Å². The minimum absolute atomic E-state index is 0. The fraction of sp³-hybridized carbons (Fsp3) is 0. The Labute approximate surface area is 110 Å². The zero-order valence-electron chi connectivity index (χ0n) is 3.97. The zero-order valence-corrected chi connectivity index (χ0v) is 11.0. The van der Waals surface area contributed by atoms with Crippen molar-refractivity contribution >= 4 is 0 Å². The van der Waals surface area contributed by atoms with E-state index in [1.54, 1.807) is 0 Å². The van der Waals surface area contributed by atoms with Crippen LogP contribution in [0.5, 0.6) is 0 Å². The molecule has 0 fully saturated rings. The topological polar surface area (TPSA) is 66.0 Å². The molecule has 0 aliphatic carbocycles. The Kier molecular flexibility index (Phi) is 3270. The molecular weight excluding hydrogens is 336 g/mol. The summed E-state index contributed by atoms with van der Waals surface area (Å²) in [6, 6.07) is 0. The molecule has 0 saturated carbocycles. The first-order valence-electron chi connectivity index (χ1n) is 0. The molecule has 9 heteroatoms. The van der Waals surface area contributed by atoms with Crippen molar-refractivity contribution in [2.75, 3.05) is 0 Å². The van der Waals surface area contributed by atoms with Crippen LogP contribution in [-0.4, -0.2) is 5.48 Å². The van der Waals surface area contributed by atoms with Crippen molar-refractivity contribution in [2.24, 2.45) is 0 Å². The van der Waals surface area contributed by atoms with Crippen molar-refractivity contribution in [2.45, 2.75) is 0 Å². The predicted octanol–water partition coefficient (Wildman–Crippen LogP) is -20.0. The third-order valence-electron chi connectivity index (χ3n) is 0. The van der Waals surface area contributed by atoms with Gasteiger partial charge in [-0.05, 0) is 0 Å². The first-order valence-corrected chi connectivity index (χ1v) is 0. The molecule has 0 heterocycles. The monoisotopic (exact) mass is 338 g/mol. The van der Waals surface area contributed by atoms with Gasteiger partial charge < -0.3 is 85.4 Å². The second-order valence-corrected chi connectivity index (χ2v) is 0. The van der Waals surface area contributed by atoms with E-state index >= 15 is 0 Å². The van der Waals surface area contributed by atoms with Gasteiger partial charge in [0, 0.05) is 0 Å². The first kappa shape index (κ1) is 198. The summed E-state index contributed by atoms with van der Waals surface area (Å²) in [4.78, 5) is 0. The molecule has 0 aliphatic rings. The molecule has 0 unspecified atom stereocenters. The Bertz CT molecular complexity index is 11.0. The number of hydrogen-bond donors (Lipinski definition) is 0. The fourth-order valence-electron chi connectivity index (χ4n) is 0. The predicted molar refractivity (Wildman–Crippen MR) is 9.88 cm³/mol. The second-order valence-electron chi connectivity index (χ2n) is 0. The summed E-state index contributed by atoms with van der Waals surface area (Å²) in [5, 5.41) is 0. The van der Waals surface area contributed by atoms with E-state index in [9.17, 15) is 0 Å². The Balaban J connectivity index is 0. The van der Waals surface area contributed by atoms with Crippen LogP contribution in [0.25, 0.3) is 0 Å². The summed E-state index contributed by atoms with van der Waals surface area (Å²) in [6.45, 7) is 0. The van der Waals surface area contributed by atoms with Gasteiger partial charge in [0.1, 0.15) is 0 Å². The molecule has 0 aromatic heterocycles. The maximum atomic E-state index is 0. The van der Waals surface area contributed by atoms with Gasteiger partial charge in [-0.2, -0.15) is 0 Å². The minimum Gasteiger partial charge on any atom is -1.00 e. The van der Waals surface area contributed by atoms with Crippen LogP contribution >= 0.6 is 0 Å². The number of rotatable bonds is 0. The van der Waals surface area contributed by atoms with Crippen LogP contribution in [0, 0.1) is 0 Å². The summed E-state index contributed by atoms with van der Waals surface area (Å²) in [5.41, 5.74) is 0. The Hall–Kier alpha value is 2.54. The van der Waals surface area contributed by atoms with Crippen molar-refractivity contribution in [3.63, 3.8) is 0 Å². The van der Waals surface area contributed by atoms with Gasteiger partial charge in [0.15, 0.2) is 0 Å². The van der Waals surface area contributed by atoms with Crippen LogP contribution in [-0.2, 0) is 31.7 Å². The van der Waals surface area contributed by atoms with Crippen molar-refractivity contribution in [1.29, 1.82) is 0 Å². The molecular formula is H6Cl6O2Zr. The van der Waals surface area contributed by atoms with Crippen LogP contribution in [0.4, 0.5) is 0 Å². The van der Waals surface area contributed by atoms with Gasteiger partial charge in [-0.25, -0.2) is 0 Å². The largest absolute Gasteiger partial charge is 4.00 e. The van der Waals surface area contributed by atoms with Gasteiger partial charge in [0.25, 0.3) is 0 Å².